The van der Waals surface area contributed by atoms with Gasteiger partial charge < -0.3 is 9.47 Å². The molecule has 1 aliphatic heterocycles. The molecule has 0 spiro atoms. The Morgan fingerprint density at radius 3 is 2.19 bits per heavy atom. The highest BCUT2D eigenvalue weighted by Gasteiger charge is 2.36. The lowest BCUT2D eigenvalue weighted by atomic mass is 9.82. The van der Waals surface area contributed by atoms with Crippen molar-refractivity contribution in [3.05, 3.63) is 132 Å². The first kappa shape index (κ1) is 22.8. The fourth-order valence-corrected chi connectivity index (χ4v) is 8.90. The molecule has 8 aromatic rings. The van der Waals surface area contributed by atoms with E-state index in [4.69, 9.17) is 0 Å². The van der Waals surface area contributed by atoms with E-state index in [1.165, 1.54) is 87.0 Å². The zero-order chi connectivity index (χ0) is 27.7. The second-order valence-corrected chi connectivity index (χ2v) is 13.3. The van der Waals surface area contributed by atoms with Crippen molar-refractivity contribution in [1.82, 2.24) is 4.57 Å². The molecule has 0 bridgehead atoms. The average molecular weight is 555 g/mol. The van der Waals surface area contributed by atoms with Crippen LogP contribution in [-0.2, 0) is 5.41 Å². The molecule has 2 aromatic heterocycles. The molecule has 42 heavy (non-hydrogen) atoms. The van der Waals surface area contributed by atoms with Gasteiger partial charge in [-0.05, 0) is 70.8 Å². The van der Waals surface area contributed by atoms with Crippen molar-refractivity contribution in [2.45, 2.75) is 19.3 Å². The van der Waals surface area contributed by atoms with Gasteiger partial charge in [0.1, 0.15) is 0 Å². The Bertz CT molecular complexity index is 2460. The topological polar surface area (TPSA) is 8.17 Å². The van der Waals surface area contributed by atoms with E-state index < -0.39 is 0 Å². The number of aromatic nitrogens is 1. The molecule has 3 heterocycles. The van der Waals surface area contributed by atoms with Crippen LogP contribution in [0.25, 0.3) is 58.8 Å². The Morgan fingerprint density at radius 2 is 1.26 bits per heavy atom. The van der Waals surface area contributed by atoms with Crippen LogP contribution in [-0.4, -0.2) is 4.57 Å². The van der Waals surface area contributed by atoms with Crippen LogP contribution in [0, 0.1) is 0 Å². The second-order valence-electron chi connectivity index (χ2n) is 12.2. The Labute approximate surface area is 247 Å². The van der Waals surface area contributed by atoms with E-state index >= 15 is 0 Å². The largest absolute Gasteiger partial charge is 0.306 e. The highest BCUT2D eigenvalue weighted by atomic mass is 32.1. The smallest absolute Gasteiger partial charge is 0.0783 e. The molecule has 3 heteroatoms. The predicted octanol–water partition coefficient (Wildman–Crippen LogP) is 11.2. The number of nitrogens with zero attached hydrogens (tertiary/aromatic N) is 2. The third kappa shape index (κ3) is 2.70. The normalized spacial score (nSPS) is 14.6. The predicted molar refractivity (Wildman–Crippen MR) is 179 cm³/mol. The molecule has 0 saturated carbocycles. The number of hydrogen-bond acceptors (Lipinski definition) is 2. The van der Waals surface area contributed by atoms with E-state index in [0.29, 0.717) is 0 Å². The third-order valence-corrected chi connectivity index (χ3v) is 10.8. The standard InChI is InChI=1S/C39H26N2S/c1-39(2)30-13-5-3-10-24(30)25-19-18-23(20-31(25)39)40-32-14-6-7-15-33(32)41-35-22-37-29(26-11-4-8-17-36(26)42-37)21-28(35)27-12-9-16-34(40)38(27)41/h3-22H,1-2H3. The maximum absolute atomic E-state index is 2.50. The molecule has 0 unspecified atom stereocenters. The van der Waals surface area contributed by atoms with Crippen molar-refractivity contribution in [1.29, 1.82) is 0 Å². The Balaban J connectivity index is 1.28. The minimum Gasteiger partial charge on any atom is -0.306 e. The summed E-state index contributed by atoms with van der Waals surface area (Å²) in [5.41, 5.74) is 12.9. The summed E-state index contributed by atoms with van der Waals surface area (Å²) in [6.07, 6.45) is 0. The molecule has 10 rings (SSSR count). The summed E-state index contributed by atoms with van der Waals surface area (Å²) in [5, 5.41) is 5.30. The highest BCUT2D eigenvalue weighted by molar-refractivity contribution is 7.25. The quantitative estimate of drug-likeness (QED) is 0.196. The molecule has 6 aromatic carbocycles. The summed E-state index contributed by atoms with van der Waals surface area (Å²) in [7, 11) is 0. The van der Waals surface area contributed by atoms with Crippen LogP contribution in [0.3, 0.4) is 0 Å². The fraction of sp³-hybridized carbons (Fsp3) is 0.0769. The van der Waals surface area contributed by atoms with Crippen molar-refractivity contribution in [2.75, 3.05) is 4.90 Å². The lowest BCUT2D eigenvalue weighted by molar-refractivity contribution is 0.660. The summed E-state index contributed by atoms with van der Waals surface area (Å²) in [6, 6.07) is 45.3. The first-order valence-electron chi connectivity index (χ1n) is 14.6. The van der Waals surface area contributed by atoms with E-state index in [0.717, 1.165) is 0 Å². The Morgan fingerprint density at radius 1 is 0.524 bits per heavy atom. The van der Waals surface area contributed by atoms with Gasteiger partial charge in [0.15, 0.2) is 0 Å². The Kier molecular flexibility index (Phi) is 4.18. The van der Waals surface area contributed by atoms with Crippen LogP contribution in [0.15, 0.2) is 121 Å². The molecule has 0 amide bonds. The number of fused-ring (bicyclic) bond motifs is 11. The molecule has 198 valence electrons. The fourth-order valence-electron chi connectivity index (χ4n) is 7.78. The van der Waals surface area contributed by atoms with Gasteiger partial charge >= 0.3 is 0 Å². The third-order valence-electron chi connectivity index (χ3n) is 9.69. The van der Waals surface area contributed by atoms with Gasteiger partial charge in [-0.25, -0.2) is 0 Å². The monoisotopic (exact) mass is 554 g/mol. The van der Waals surface area contributed by atoms with Crippen molar-refractivity contribution in [3.8, 4) is 16.8 Å². The van der Waals surface area contributed by atoms with Crippen LogP contribution >= 0.6 is 11.3 Å². The van der Waals surface area contributed by atoms with Gasteiger partial charge in [0, 0.05) is 42.0 Å². The molecular formula is C39H26N2S. The van der Waals surface area contributed by atoms with Crippen LogP contribution in [0.1, 0.15) is 25.0 Å². The van der Waals surface area contributed by atoms with Crippen LogP contribution in [0.2, 0.25) is 0 Å². The molecule has 1 aliphatic carbocycles. The molecule has 0 N–H and O–H groups in total. The number of para-hydroxylation sites is 3. The molecule has 0 atom stereocenters. The van der Waals surface area contributed by atoms with Gasteiger partial charge in [0.05, 0.1) is 28.1 Å². The van der Waals surface area contributed by atoms with Crippen molar-refractivity contribution in [2.24, 2.45) is 0 Å². The second kappa shape index (κ2) is 7.70. The molecule has 0 radical (unpaired) electrons. The molecular weight excluding hydrogens is 529 g/mol. The SMILES string of the molecule is CC1(C)c2ccccc2-c2ccc(N3c4ccccc4-n4c5cc6sc7ccccc7c6cc5c5cccc3c54)cc21. The number of anilines is 3. The van der Waals surface area contributed by atoms with Crippen LogP contribution in [0.5, 0.6) is 0 Å². The highest BCUT2D eigenvalue weighted by Crippen LogP contribution is 2.54. The summed E-state index contributed by atoms with van der Waals surface area (Å²) < 4.78 is 5.18. The number of thiophene rings is 1. The van der Waals surface area contributed by atoms with Crippen molar-refractivity contribution < 1.29 is 0 Å². The number of benzene rings is 6. The maximum Gasteiger partial charge on any atom is 0.0783 e. The zero-order valence-electron chi connectivity index (χ0n) is 23.3. The van der Waals surface area contributed by atoms with Crippen molar-refractivity contribution >= 4 is 70.4 Å². The summed E-state index contributed by atoms with van der Waals surface area (Å²) >= 11 is 1.89. The summed E-state index contributed by atoms with van der Waals surface area (Å²) in [4.78, 5) is 2.48. The number of rotatable bonds is 1. The van der Waals surface area contributed by atoms with Crippen LogP contribution < -0.4 is 4.90 Å². The van der Waals surface area contributed by atoms with Gasteiger partial charge in [0.25, 0.3) is 0 Å². The molecule has 2 nitrogen and oxygen atoms in total. The van der Waals surface area contributed by atoms with E-state index in [1.54, 1.807) is 0 Å². The van der Waals surface area contributed by atoms with Crippen LogP contribution in [0.4, 0.5) is 17.1 Å². The molecule has 0 saturated heterocycles. The van der Waals surface area contributed by atoms with E-state index in [-0.39, 0.29) is 5.41 Å². The lowest BCUT2D eigenvalue weighted by Crippen LogP contribution is -2.19. The summed E-state index contributed by atoms with van der Waals surface area (Å²) in [6.45, 7) is 4.72. The maximum atomic E-state index is 2.50. The van der Waals surface area contributed by atoms with E-state index in [9.17, 15) is 0 Å². The zero-order valence-corrected chi connectivity index (χ0v) is 24.2. The average Bonchev–Trinajstić information content (AvgIpc) is 3.63. The van der Waals surface area contributed by atoms with Gasteiger partial charge in [-0.15, -0.1) is 11.3 Å². The minimum absolute atomic E-state index is 0.0489. The first-order chi connectivity index (χ1) is 20.6. The van der Waals surface area contributed by atoms with Gasteiger partial charge in [-0.2, -0.15) is 0 Å². The van der Waals surface area contributed by atoms with E-state index in [1.807, 2.05) is 11.3 Å². The minimum atomic E-state index is -0.0489. The van der Waals surface area contributed by atoms with Crippen molar-refractivity contribution in [3.63, 3.8) is 0 Å². The summed E-state index contributed by atoms with van der Waals surface area (Å²) in [5.74, 6) is 0. The molecule has 2 aliphatic rings. The lowest BCUT2D eigenvalue weighted by Gasteiger charge is -2.34. The van der Waals surface area contributed by atoms with Gasteiger partial charge in [-0.3, -0.25) is 0 Å². The van der Waals surface area contributed by atoms with E-state index in [2.05, 4.69) is 145 Å². The van der Waals surface area contributed by atoms with Gasteiger partial charge in [0.2, 0.25) is 0 Å². The molecule has 0 fully saturated rings. The van der Waals surface area contributed by atoms with Gasteiger partial charge in [-0.1, -0.05) is 86.6 Å². The number of hydrogen-bond donors (Lipinski definition) is 0. The first-order valence-corrected chi connectivity index (χ1v) is 15.4. The Hall–Kier alpha value is -4.86.